The zero-order chi connectivity index (χ0) is 18.2. The lowest BCUT2D eigenvalue weighted by molar-refractivity contribution is 0.183. The quantitative estimate of drug-likeness (QED) is 0.533. The summed E-state index contributed by atoms with van der Waals surface area (Å²) in [6, 6.07) is 18.5. The maximum Gasteiger partial charge on any atom is 0.137 e. The molecule has 1 heterocycles. The van der Waals surface area contributed by atoms with Crippen LogP contribution in [0.2, 0.25) is 0 Å². The molecule has 132 valence electrons. The maximum atomic E-state index is 9.68. The second-order valence-electron chi connectivity index (χ2n) is 6.42. The van der Waals surface area contributed by atoms with Crippen molar-refractivity contribution in [1.29, 1.82) is 0 Å². The van der Waals surface area contributed by atoms with Crippen molar-refractivity contribution in [1.82, 2.24) is 9.55 Å². The Balaban J connectivity index is 1.47. The highest BCUT2D eigenvalue weighted by Gasteiger charge is 2.07. The fourth-order valence-corrected chi connectivity index (χ4v) is 2.91. The summed E-state index contributed by atoms with van der Waals surface area (Å²) in [4.78, 5) is 4.20. The van der Waals surface area contributed by atoms with Crippen molar-refractivity contribution in [2.45, 2.75) is 38.8 Å². The second kappa shape index (κ2) is 9.03. The minimum absolute atomic E-state index is 0.519. The molecule has 1 unspecified atom stereocenters. The topological polar surface area (TPSA) is 38.1 Å². The van der Waals surface area contributed by atoms with E-state index in [9.17, 15) is 5.11 Å². The van der Waals surface area contributed by atoms with Crippen molar-refractivity contribution >= 4 is 0 Å². The molecule has 0 aliphatic heterocycles. The zero-order valence-corrected chi connectivity index (χ0v) is 15.1. The van der Waals surface area contributed by atoms with Crippen LogP contribution < -0.4 is 0 Å². The van der Waals surface area contributed by atoms with Gasteiger partial charge < -0.3 is 9.67 Å². The summed E-state index contributed by atoms with van der Waals surface area (Å²) in [5.74, 6) is 7.13. The van der Waals surface area contributed by atoms with Gasteiger partial charge in [0.15, 0.2) is 0 Å². The van der Waals surface area contributed by atoms with E-state index < -0.39 is 6.10 Å². The number of rotatable bonds is 6. The molecule has 3 aromatic rings. The molecule has 0 saturated heterocycles. The Labute approximate surface area is 155 Å². The number of aliphatic hydroxyl groups is 1. The van der Waals surface area contributed by atoms with Crippen molar-refractivity contribution in [3.63, 3.8) is 0 Å². The van der Waals surface area contributed by atoms with Crippen LogP contribution in [0.1, 0.15) is 48.4 Å². The van der Waals surface area contributed by atoms with E-state index in [0.717, 1.165) is 42.8 Å². The lowest BCUT2D eigenvalue weighted by Crippen LogP contribution is -2.06. The molecule has 2 aromatic carbocycles. The number of benzene rings is 2. The molecule has 1 aromatic heterocycles. The predicted molar refractivity (Wildman–Crippen MR) is 105 cm³/mol. The molecule has 0 aliphatic carbocycles. The van der Waals surface area contributed by atoms with Crippen molar-refractivity contribution in [2.75, 3.05) is 0 Å². The molecule has 0 fully saturated rings. The first-order chi connectivity index (χ1) is 12.7. The fraction of sp³-hybridized carbons (Fsp3) is 0.261. The number of imidazole rings is 1. The summed E-state index contributed by atoms with van der Waals surface area (Å²) in [7, 11) is 0. The average molecular weight is 344 g/mol. The van der Waals surface area contributed by atoms with Gasteiger partial charge in [0.1, 0.15) is 11.9 Å². The van der Waals surface area contributed by atoms with Crippen LogP contribution in [0.15, 0.2) is 67.0 Å². The van der Waals surface area contributed by atoms with E-state index in [1.165, 1.54) is 5.56 Å². The maximum absolute atomic E-state index is 9.68. The number of aromatic nitrogens is 2. The summed E-state index contributed by atoms with van der Waals surface area (Å²) >= 11 is 0. The molecule has 0 spiro atoms. The molecule has 0 bridgehead atoms. The molecule has 0 aliphatic rings. The minimum atomic E-state index is -0.519. The van der Waals surface area contributed by atoms with Gasteiger partial charge in [-0.1, -0.05) is 42.2 Å². The monoisotopic (exact) mass is 344 g/mol. The number of aryl methyl sites for hydroxylation is 2. The lowest BCUT2D eigenvalue weighted by Gasteiger charge is -2.09. The Morgan fingerprint density at radius 2 is 1.65 bits per heavy atom. The molecule has 0 saturated carbocycles. The van der Waals surface area contributed by atoms with Crippen LogP contribution in [0.25, 0.3) is 0 Å². The van der Waals surface area contributed by atoms with Gasteiger partial charge in [-0.05, 0) is 56.0 Å². The second-order valence-corrected chi connectivity index (χ2v) is 6.42. The van der Waals surface area contributed by atoms with Crippen molar-refractivity contribution in [3.8, 4) is 11.8 Å². The lowest BCUT2D eigenvalue weighted by atomic mass is 10.1. The molecular formula is C23H24N2O. The van der Waals surface area contributed by atoms with E-state index in [2.05, 4.69) is 41.1 Å². The summed E-state index contributed by atoms with van der Waals surface area (Å²) in [5, 5.41) is 9.68. The molecule has 1 N–H and O–H groups in total. The van der Waals surface area contributed by atoms with E-state index in [1.807, 2.05) is 41.1 Å². The Kier molecular flexibility index (Phi) is 6.24. The molecule has 26 heavy (non-hydrogen) atoms. The average Bonchev–Trinajstić information content (AvgIpc) is 3.14. The van der Waals surface area contributed by atoms with Crippen molar-refractivity contribution < 1.29 is 5.11 Å². The molecule has 1 atom stereocenters. The Hall–Kier alpha value is -2.83. The molecule has 3 rings (SSSR count). The van der Waals surface area contributed by atoms with Crippen molar-refractivity contribution in [2.24, 2.45) is 0 Å². The van der Waals surface area contributed by atoms with Gasteiger partial charge in [0.25, 0.3) is 0 Å². The Morgan fingerprint density at radius 1 is 0.962 bits per heavy atom. The summed E-state index contributed by atoms with van der Waals surface area (Å²) in [5.41, 5.74) is 3.40. The summed E-state index contributed by atoms with van der Waals surface area (Å²) in [6.45, 7) is 2.64. The third-order valence-electron chi connectivity index (χ3n) is 4.31. The van der Waals surface area contributed by atoms with Crippen LogP contribution in [-0.4, -0.2) is 14.7 Å². The third-order valence-corrected chi connectivity index (χ3v) is 4.31. The molecule has 3 nitrogen and oxygen atoms in total. The van der Waals surface area contributed by atoms with Crippen LogP contribution in [0.4, 0.5) is 0 Å². The van der Waals surface area contributed by atoms with Crippen LogP contribution in [0, 0.1) is 11.8 Å². The van der Waals surface area contributed by atoms with Gasteiger partial charge in [-0.15, -0.1) is 0 Å². The Bertz CT molecular complexity index is 868. The fourth-order valence-electron chi connectivity index (χ4n) is 2.91. The van der Waals surface area contributed by atoms with E-state index >= 15 is 0 Å². The molecular weight excluding hydrogens is 320 g/mol. The molecule has 3 heteroatoms. The number of nitrogens with zero attached hydrogens (tertiary/aromatic N) is 2. The van der Waals surface area contributed by atoms with Gasteiger partial charge in [-0.25, -0.2) is 4.98 Å². The number of aliphatic hydroxyl groups excluding tert-OH is 1. The van der Waals surface area contributed by atoms with Gasteiger partial charge in [-0.3, -0.25) is 0 Å². The highest BCUT2D eigenvalue weighted by atomic mass is 16.3. The molecule has 0 radical (unpaired) electrons. The van der Waals surface area contributed by atoms with Gasteiger partial charge in [0.2, 0.25) is 0 Å². The van der Waals surface area contributed by atoms with Crippen LogP contribution in [0.5, 0.6) is 0 Å². The van der Waals surface area contributed by atoms with Crippen molar-refractivity contribution in [3.05, 3.63) is 89.5 Å². The highest BCUT2D eigenvalue weighted by molar-refractivity contribution is 5.43. The van der Waals surface area contributed by atoms with E-state index in [4.69, 9.17) is 0 Å². The van der Waals surface area contributed by atoms with Crippen LogP contribution in [0.3, 0.4) is 0 Å². The zero-order valence-electron chi connectivity index (χ0n) is 15.1. The summed E-state index contributed by atoms with van der Waals surface area (Å²) in [6.07, 6.45) is 6.37. The van der Waals surface area contributed by atoms with Gasteiger partial charge in [0, 0.05) is 30.1 Å². The van der Waals surface area contributed by atoms with Gasteiger partial charge >= 0.3 is 0 Å². The largest absolute Gasteiger partial charge is 0.385 e. The first-order valence-electron chi connectivity index (χ1n) is 9.07. The third kappa shape index (κ3) is 5.08. The SMILES string of the molecule is CC(O)c1nccn1CCCCc1ccc(C#Cc2ccccc2)cc1. The van der Waals surface area contributed by atoms with E-state index in [-0.39, 0.29) is 0 Å². The first kappa shape index (κ1) is 18.0. The number of hydrogen-bond acceptors (Lipinski definition) is 2. The molecule has 0 amide bonds. The highest BCUT2D eigenvalue weighted by Crippen LogP contribution is 2.12. The summed E-state index contributed by atoms with van der Waals surface area (Å²) < 4.78 is 2.03. The normalized spacial score (nSPS) is 11.6. The van der Waals surface area contributed by atoms with Crippen LogP contribution in [-0.2, 0) is 13.0 Å². The number of unbranched alkanes of at least 4 members (excludes halogenated alkanes) is 1. The smallest absolute Gasteiger partial charge is 0.137 e. The van der Waals surface area contributed by atoms with Gasteiger partial charge in [0.05, 0.1) is 0 Å². The van der Waals surface area contributed by atoms with Gasteiger partial charge in [-0.2, -0.15) is 0 Å². The minimum Gasteiger partial charge on any atom is -0.385 e. The number of hydrogen-bond donors (Lipinski definition) is 1. The van der Waals surface area contributed by atoms with E-state index in [0.29, 0.717) is 0 Å². The first-order valence-corrected chi connectivity index (χ1v) is 9.07. The Morgan fingerprint density at radius 3 is 2.35 bits per heavy atom. The standard InChI is InChI=1S/C23H24N2O/c1-19(26)23-24-16-18-25(23)17-6-5-9-21-11-14-22(15-12-21)13-10-20-7-3-2-4-8-20/h2-4,7-8,11-12,14-16,18-19,26H,5-6,9,17H2,1H3. The van der Waals surface area contributed by atoms with Crippen LogP contribution >= 0.6 is 0 Å². The van der Waals surface area contributed by atoms with E-state index in [1.54, 1.807) is 13.1 Å². The predicted octanol–water partition coefficient (Wildman–Crippen LogP) is 4.36.